The summed E-state index contributed by atoms with van der Waals surface area (Å²) in [5, 5.41) is 11.6. The molecule has 0 spiro atoms. The van der Waals surface area contributed by atoms with E-state index in [1.807, 2.05) is 19.9 Å². The highest BCUT2D eigenvalue weighted by Crippen LogP contribution is 2.39. The lowest BCUT2D eigenvalue weighted by atomic mass is 10.2. The first-order chi connectivity index (χ1) is 7.92. The van der Waals surface area contributed by atoms with Gasteiger partial charge in [-0.2, -0.15) is 0 Å². The molecule has 0 aromatic carbocycles. The van der Waals surface area contributed by atoms with E-state index < -0.39 is 11.5 Å². The number of aryl methyl sites for hydroxylation is 2. The summed E-state index contributed by atoms with van der Waals surface area (Å²) >= 11 is 1.45. The minimum atomic E-state index is -0.860. The number of hydrogen-bond acceptors (Lipinski definition) is 3. The topological polar surface area (TPSA) is 66.4 Å². The number of rotatable bonds is 4. The van der Waals surface area contributed by atoms with E-state index in [1.165, 1.54) is 11.3 Å². The lowest BCUT2D eigenvalue weighted by Gasteiger charge is -2.13. The number of carbonyl (C=O) groups excluding carboxylic acids is 1. The molecule has 0 aliphatic heterocycles. The molecule has 4 nitrogen and oxygen atoms in total. The van der Waals surface area contributed by atoms with Gasteiger partial charge in [0, 0.05) is 4.88 Å². The van der Waals surface area contributed by atoms with Crippen molar-refractivity contribution < 1.29 is 14.7 Å². The maximum Gasteiger partial charge on any atom is 0.305 e. The Hall–Kier alpha value is -1.36. The Morgan fingerprint density at radius 2 is 2.12 bits per heavy atom. The molecule has 1 aliphatic rings. The zero-order chi connectivity index (χ0) is 12.6. The molecule has 17 heavy (non-hydrogen) atoms. The van der Waals surface area contributed by atoms with E-state index in [0.717, 1.165) is 23.3 Å². The first-order valence-electron chi connectivity index (χ1n) is 5.53. The van der Waals surface area contributed by atoms with Crippen molar-refractivity contribution in [2.45, 2.75) is 38.6 Å². The van der Waals surface area contributed by atoms with Crippen molar-refractivity contribution >= 4 is 23.2 Å². The van der Waals surface area contributed by atoms with Crippen molar-refractivity contribution in [3.05, 3.63) is 21.4 Å². The van der Waals surface area contributed by atoms with Crippen LogP contribution in [-0.4, -0.2) is 22.5 Å². The summed E-state index contributed by atoms with van der Waals surface area (Å²) in [6, 6.07) is 1.85. The van der Waals surface area contributed by atoms with E-state index in [1.54, 1.807) is 0 Å². The summed E-state index contributed by atoms with van der Waals surface area (Å²) in [6.07, 6.45) is 1.53. The van der Waals surface area contributed by atoms with Crippen LogP contribution < -0.4 is 5.32 Å². The minimum Gasteiger partial charge on any atom is -0.481 e. The highest BCUT2D eigenvalue weighted by atomic mass is 32.1. The van der Waals surface area contributed by atoms with Crippen molar-refractivity contribution in [2.24, 2.45) is 0 Å². The molecular formula is C12H15NO3S. The maximum atomic E-state index is 12.0. The van der Waals surface area contributed by atoms with Crippen LogP contribution in [0.3, 0.4) is 0 Å². The molecule has 0 bridgehead atoms. The van der Waals surface area contributed by atoms with Crippen molar-refractivity contribution in [1.82, 2.24) is 5.32 Å². The fourth-order valence-electron chi connectivity index (χ4n) is 1.77. The van der Waals surface area contributed by atoms with Gasteiger partial charge in [0.2, 0.25) is 0 Å². The average molecular weight is 253 g/mol. The van der Waals surface area contributed by atoms with Gasteiger partial charge in [-0.25, -0.2) is 0 Å². The van der Waals surface area contributed by atoms with Gasteiger partial charge in [-0.1, -0.05) is 0 Å². The van der Waals surface area contributed by atoms with E-state index in [9.17, 15) is 9.59 Å². The Bertz CT molecular complexity index is 455. The minimum absolute atomic E-state index is 0.0160. The van der Waals surface area contributed by atoms with Crippen LogP contribution in [0.25, 0.3) is 0 Å². The number of carboxylic acid groups (broad SMARTS) is 1. The van der Waals surface area contributed by atoms with Gasteiger partial charge >= 0.3 is 5.97 Å². The summed E-state index contributed by atoms with van der Waals surface area (Å²) in [4.78, 5) is 24.4. The third-order valence-corrected chi connectivity index (χ3v) is 4.26. The number of amides is 1. The molecular weight excluding hydrogens is 238 g/mol. The maximum absolute atomic E-state index is 12.0. The normalized spacial score (nSPS) is 16.6. The monoisotopic (exact) mass is 253 g/mol. The van der Waals surface area contributed by atoms with Gasteiger partial charge in [0.25, 0.3) is 5.91 Å². The first kappa shape index (κ1) is 12.1. The van der Waals surface area contributed by atoms with Gasteiger partial charge in [-0.15, -0.1) is 11.3 Å². The van der Waals surface area contributed by atoms with Gasteiger partial charge in [0.05, 0.1) is 16.8 Å². The molecule has 5 heteroatoms. The summed E-state index contributed by atoms with van der Waals surface area (Å²) in [7, 11) is 0. The van der Waals surface area contributed by atoms with Gasteiger partial charge in [0.1, 0.15) is 0 Å². The molecule has 2 N–H and O–H groups in total. The van der Waals surface area contributed by atoms with Crippen molar-refractivity contribution in [3.8, 4) is 0 Å². The second-order valence-corrected chi connectivity index (χ2v) is 5.91. The van der Waals surface area contributed by atoms with Gasteiger partial charge in [0.15, 0.2) is 0 Å². The standard InChI is InChI=1S/C12H15NO3S/c1-7-5-9(17-8(7)2)11(16)13-12(3-4-12)6-10(14)15/h5H,3-4,6H2,1-2H3,(H,13,16)(H,14,15). The Kier molecular flexibility index (Phi) is 2.95. The molecule has 1 saturated carbocycles. The SMILES string of the molecule is Cc1cc(C(=O)NC2(CC(=O)O)CC2)sc1C. The molecule has 0 saturated heterocycles. The highest BCUT2D eigenvalue weighted by Gasteiger charge is 2.46. The molecule has 0 unspecified atom stereocenters. The zero-order valence-electron chi connectivity index (χ0n) is 9.87. The summed E-state index contributed by atoms with van der Waals surface area (Å²) < 4.78 is 0. The second kappa shape index (κ2) is 4.14. The molecule has 0 radical (unpaired) electrons. The molecule has 2 rings (SSSR count). The Morgan fingerprint density at radius 3 is 2.53 bits per heavy atom. The molecule has 1 amide bonds. The smallest absolute Gasteiger partial charge is 0.305 e. The molecule has 1 aliphatic carbocycles. The van der Waals surface area contributed by atoms with Crippen LogP contribution in [0.15, 0.2) is 6.07 Å². The largest absolute Gasteiger partial charge is 0.481 e. The van der Waals surface area contributed by atoms with Crippen LogP contribution >= 0.6 is 11.3 Å². The fourth-order valence-corrected chi connectivity index (χ4v) is 2.70. The van der Waals surface area contributed by atoms with Gasteiger partial charge < -0.3 is 10.4 Å². The van der Waals surface area contributed by atoms with E-state index in [-0.39, 0.29) is 12.3 Å². The summed E-state index contributed by atoms with van der Waals surface area (Å²) in [5.41, 5.74) is 0.609. The number of thiophene rings is 1. The Balaban J connectivity index is 2.04. The van der Waals surface area contributed by atoms with Crippen LogP contribution in [0.2, 0.25) is 0 Å². The Labute approximate surface area is 104 Å². The fraction of sp³-hybridized carbons (Fsp3) is 0.500. The van der Waals surface area contributed by atoms with E-state index in [4.69, 9.17) is 5.11 Å². The van der Waals surface area contributed by atoms with E-state index in [2.05, 4.69) is 5.32 Å². The summed E-state index contributed by atoms with van der Waals surface area (Å²) in [6.45, 7) is 3.94. The van der Waals surface area contributed by atoms with E-state index >= 15 is 0 Å². The number of carboxylic acids is 1. The number of nitrogens with one attached hydrogen (secondary N) is 1. The average Bonchev–Trinajstić information content (AvgIpc) is 2.86. The number of aliphatic carboxylic acids is 1. The molecule has 92 valence electrons. The third-order valence-electron chi connectivity index (χ3n) is 3.11. The Morgan fingerprint density at radius 1 is 1.47 bits per heavy atom. The lowest BCUT2D eigenvalue weighted by Crippen LogP contribution is -2.38. The molecule has 1 fully saturated rings. The van der Waals surface area contributed by atoms with Gasteiger partial charge in [-0.3, -0.25) is 9.59 Å². The van der Waals surface area contributed by atoms with Crippen LogP contribution in [0.5, 0.6) is 0 Å². The predicted molar refractivity (Wildman–Crippen MR) is 65.5 cm³/mol. The highest BCUT2D eigenvalue weighted by molar-refractivity contribution is 7.14. The first-order valence-corrected chi connectivity index (χ1v) is 6.35. The molecule has 1 aromatic heterocycles. The van der Waals surface area contributed by atoms with Crippen LogP contribution in [0, 0.1) is 13.8 Å². The second-order valence-electron chi connectivity index (χ2n) is 4.65. The molecule has 1 heterocycles. The van der Waals surface area contributed by atoms with E-state index in [0.29, 0.717) is 4.88 Å². The van der Waals surface area contributed by atoms with Crippen molar-refractivity contribution in [2.75, 3.05) is 0 Å². The predicted octanol–water partition coefficient (Wildman–Crippen LogP) is 2.10. The van der Waals surface area contributed by atoms with Crippen molar-refractivity contribution in [3.63, 3.8) is 0 Å². The molecule has 0 atom stereocenters. The van der Waals surface area contributed by atoms with Crippen LogP contribution in [-0.2, 0) is 4.79 Å². The number of hydrogen-bond donors (Lipinski definition) is 2. The quantitative estimate of drug-likeness (QED) is 0.863. The molecule has 1 aromatic rings. The number of carbonyl (C=O) groups is 2. The summed E-state index contributed by atoms with van der Waals surface area (Å²) in [5.74, 6) is -1.01. The zero-order valence-corrected chi connectivity index (χ0v) is 10.7. The van der Waals surface area contributed by atoms with Crippen LogP contribution in [0.4, 0.5) is 0 Å². The third kappa shape index (κ3) is 2.66. The van der Waals surface area contributed by atoms with Crippen LogP contribution in [0.1, 0.15) is 39.4 Å². The van der Waals surface area contributed by atoms with Crippen molar-refractivity contribution in [1.29, 1.82) is 0 Å². The van der Waals surface area contributed by atoms with Gasteiger partial charge in [-0.05, 0) is 38.3 Å². The lowest BCUT2D eigenvalue weighted by molar-refractivity contribution is -0.137.